The summed E-state index contributed by atoms with van der Waals surface area (Å²) >= 11 is 6.10. The second-order valence-electron chi connectivity index (χ2n) is 5.93. The summed E-state index contributed by atoms with van der Waals surface area (Å²) in [6, 6.07) is 8.39. The van der Waals surface area contributed by atoms with Gasteiger partial charge in [-0.05, 0) is 49.8 Å². The lowest BCUT2D eigenvalue weighted by Gasteiger charge is -2.30. The zero-order valence-electron chi connectivity index (χ0n) is 12.3. The molecular formula is C17H20ClN3. The van der Waals surface area contributed by atoms with Gasteiger partial charge in [-0.1, -0.05) is 13.3 Å². The van der Waals surface area contributed by atoms with Crippen LogP contribution in [0.1, 0.15) is 56.5 Å². The Labute approximate surface area is 130 Å². The summed E-state index contributed by atoms with van der Waals surface area (Å²) in [4.78, 5) is 4.64. The normalized spacial score (nSPS) is 22.3. The standard InChI is InChI=1S/C17H20ClN3/c1-2-12-3-6-14(7-4-12)21-16-9-13(11-19)5-8-15(16)20-17(21)10-18/h5,8-9,12,14H,2-4,6-7,10H2,1H3. The second kappa shape index (κ2) is 6.07. The summed E-state index contributed by atoms with van der Waals surface area (Å²) in [7, 11) is 0. The van der Waals surface area contributed by atoms with E-state index in [0.717, 1.165) is 22.8 Å². The summed E-state index contributed by atoms with van der Waals surface area (Å²) in [5.74, 6) is 2.22. The van der Waals surface area contributed by atoms with Gasteiger partial charge in [-0.2, -0.15) is 5.26 Å². The monoisotopic (exact) mass is 301 g/mol. The zero-order valence-corrected chi connectivity index (χ0v) is 13.1. The van der Waals surface area contributed by atoms with Crippen LogP contribution in [0.25, 0.3) is 11.0 Å². The average Bonchev–Trinajstić information content (AvgIpc) is 2.92. The molecule has 0 atom stereocenters. The van der Waals surface area contributed by atoms with Crippen LogP contribution in [-0.4, -0.2) is 9.55 Å². The number of benzene rings is 1. The Balaban J connectivity index is 2.02. The van der Waals surface area contributed by atoms with Gasteiger partial charge in [-0.25, -0.2) is 4.98 Å². The number of halogens is 1. The number of nitrogens with zero attached hydrogens (tertiary/aromatic N) is 3. The molecule has 1 fully saturated rings. The molecule has 1 aliphatic rings. The van der Waals surface area contributed by atoms with Crippen LogP contribution in [0.2, 0.25) is 0 Å². The molecule has 1 heterocycles. The highest BCUT2D eigenvalue weighted by Crippen LogP contribution is 2.36. The van der Waals surface area contributed by atoms with Crippen LogP contribution in [0.3, 0.4) is 0 Å². The summed E-state index contributed by atoms with van der Waals surface area (Å²) in [6.07, 6.45) is 6.20. The maximum absolute atomic E-state index is 9.12. The average molecular weight is 302 g/mol. The second-order valence-corrected chi connectivity index (χ2v) is 6.20. The molecule has 0 aliphatic heterocycles. The number of aromatic nitrogens is 2. The maximum Gasteiger partial charge on any atom is 0.125 e. The first kappa shape index (κ1) is 14.4. The molecule has 0 bridgehead atoms. The van der Waals surface area contributed by atoms with Gasteiger partial charge in [0.2, 0.25) is 0 Å². The highest BCUT2D eigenvalue weighted by molar-refractivity contribution is 6.16. The summed E-state index contributed by atoms with van der Waals surface area (Å²) in [5.41, 5.74) is 2.69. The summed E-state index contributed by atoms with van der Waals surface area (Å²) in [6.45, 7) is 2.28. The third kappa shape index (κ3) is 2.65. The summed E-state index contributed by atoms with van der Waals surface area (Å²) in [5, 5.41) is 9.12. The minimum absolute atomic E-state index is 0.421. The molecule has 3 nitrogen and oxygen atoms in total. The van der Waals surface area contributed by atoms with Crippen LogP contribution >= 0.6 is 11.6 Å². The van der Waals surface area contributed by atoms with Gasteiger partial charge < -0.3 is 4.57 Å². The minimum atomic E-state index is 0.421. The number of imidazole rings is 1. The number of nitriles is 1. The first-order valence-corrected chi connectivity index (χ1v) is 8.27. The topological polar surface area (TPSA) is 41.6 Å². The fourth-order valence-electron chi connectivity index (χ4n) is 3.53. The Kier molecular flexibility index (Phi) is 4.17. The molecule has 2 aromatic rings. The number of fused-ring (bicyclic) bond motifs is 1. The predicted octanol–water partition coefficient (Wildman–Crippen LogP) is 4.79. The van der Waals surface area contributed by atoms with E-state index in [9.17, 15) is 0 Å². The van der Waals surface area contributed by atoms with Gasteiger partial charge in [-0.3, -0.25) is 0 Å². The molecular weight excluding hydrogens is 282 g/mol. The minimum Gasteiger partial charge on any atom is -0.324 e. The van der Waals surface area contributed by atoms with Gasteiger partial charge in [0.15, 0.2) is 0 Å². The molecule has 0 saturated heterocycles. The van der Waals surface area contributed by atoms with E-state index < -0.39 is 0 Å². The fraction of sp³-hybridized carbons (Fsp3) is 0.529. The van der Waals surface area contributed by atoms with Crippen molar-refractivity contribution in [1.29, 1.82) is 5.26 Å². The lowest BCUT2D eigenvalue weighted by molar-refractivity contribution is 0.270. The van der Waals surface area contributed by atoms with Crippen molar-refractivity contribution in [3.05, 3.63) is 29.6 Å². The largest absolute Gasteiger partial charge is 0.324 e. The molecule has 0 amide bonds. The van der Waals surface area contributed by atoms with Gasteiger partial charge in [0, 0.05) is 6.04 Å². The maximum atomic E-state index is 9.12. The van der Waals surface area contributed by atoms with E-state index in [0.29, 0.717) is 17.5 Å². The highest BCUT2D eigenvalue weighted by Gasteiger charge is 2.24. The van der Waals surface area contributed by atoms with Crippen LogP contribution in [0.5, 0.6) is 0 Å². The van der Waals surface area contributed by atoms with Crippen LogP contribution < -0.4 is 0 Å². The Morgan fingerprint density at radius 3 is 2.71 bits per heavy atom. The van der Waals surface area contributed by atoms with E-state index in [4.69, 9.17) is 16.9 Å². The van der Waals surface area contributed by atoms with Crippen LogP contribution in [-0.2, 0) is 5.88 Å². The third-order valence-corrected chi connectivity index (χ3v) is 5.01. The quantitative estimate of drug-likeness (QED) is 0.765. The van der Waals surface area contributed by atoms with Gasteiger partial charge in [-0.15, -0.1) is 11.6 Å². The van der Waals surface area contributed by atoms with Gasteiger partial charge >= 0.3 is 0 Å². The van der Waals surface area contributed by atoms with Crippen LogP contribution in [0, 0.1) is 17.2 Å². The van der Waals surface area contributed by atoms with Crippen molar-refractivity contribution in [1.82, 2.24) is 9.55 Å². The lowest BCUT2D eigenvalue weighted by Crippen LogP contribution is -2.19. The smallest absolute Gasteiger partial charge is 0.125 e. The Morgan fingerprint density at radius 2 is 2.10 bits per heavy atom. The van der Waals surface area contributed by atoms with Crippen LogP contribution in [0.4, 0.5) is 0 Å². The number of rotatable bonds is 3. The Hall–Kier alpha value is -1.53. The molecule has 0 radical (unpaired) electrons. The van der Waals surface area contributed by atoms with E-state index in [1.165, 1.54) is 32.1 Å². The molecule has 1 aliphatic carbocycles. The van der Waals surface area contributed by atoms with Crippen molar-refractivity contribution >= 4 is 22.6 Å². The van der Waals surface area contributed by atoms with E-state index in [1.54, 1.807) is 0 Å². The number of alkyl halides is 1. The van der Waals surface area contributed by atoms with E-state index in [1.807, 2.05) is 18.2 Å². The molecule has 110 valence electrons. The van der Waals surface area contributed by atoms with Crippen molar-refractivity contribution in [2.75, 3.05) is 0 Å². The highest BCUT2D eigenvalue weighted by atomic mass is 35.5. The Morgan fingerprint density at radius 1 is 1.33 bits per heavy atom. The van der Waals surface area contributed by atoms with E-state index in [2.05, 4.69) is 22.5 Å². The van der Waals surface area contributed by atoms with Gasteiger partial charge in [0.05, 0.1) is 28.5 Å². The predicted molar refractivity (Wildman–Crippen MR) is 85.3 cm³/mol. The molecule has 0 spiro atoms. The van der Waals surface area contributed by atoms with Gasteiger partial charge in [0.25, 0.3) is 0 Å². The van der Waals surface area contributed by atoms with Crippen molar-refractivity contribution in [2.45, 2.75) is 50.9 Å². The van der Waals surface area contributed by atoms with Crippen LogP contribution in [0.15, 0.2) is 18.2 Å². The first-order valence-electron chi connectivity index (χ1n) is 7.73. The Bertz CT molecular complexity index is 675. The first-order chi connectivity index (χ1) is 10.3. The van der Waals surface area contributed by atoms with E-state index in [-0.39, 0.29) is 0 Å². The SMILES string of the molecule is CCC1CCC(n2c(CCl)nc3ccc(C#N)cc32)CC1. The zero-order chi connectivity index (χ0) is 14.8. The molecule has 0 unspecified atom stereocenters. The molecule has 1 saturated carbocycles. The van der Waals surface area contributed by atoms with E-state index >= 15 is 0 Å². The van der Waals surface area contributed by atoms with Crippen molar-refractivity contribution in [2.24, 2.45) is 5.92 Å². The van der Waals surface area contributed by atoms with Crippen molar-refractivity contribution in [3.8, 4) is 6.07 Å². The lowest BCUT2D eigenvalue weighted by atomic mass is 9.84. The molecule has 0 N–H and O–H groups in total. The van der Waals surface area contributed by atoms with Gasteiger partial charge in [0.1, 0.15) is 5.82 Å². The number of hydrogen-bond donors (Lipinski definition) is 0. The molecule has 1 aromatic carbocycles. The molecule has 4 heteroatoms. The molecule has 21 heavy (non-hydrogen) atoms. The third-order valence-electron chi connectivity index (χ3n) is 4.77. The fourth-order valence-corrected chi connectivity index (χ4v) is 3.71. The number of hydrogen-bond acceptors (Lipinski definition) is 2. The molecule has 3 rings (SSSR count). The van der Waals surface area contributed by atoms with Crippen molar-refractivity contribution in [3.63, 3.8) is 0 Å². The van der Waals surface area contributed by atoms with Crippen molar-refractivity contribution < 1.29 is 0 Å². The molecule has 1 aromatic heterocycles. The summed E-state index contributed by atoms with van der Waals surface area (Å²) < 4.78 is 2.29.